The van der Waals surface area contributed by atoms with Crippen molar-refractivity contribution in [3.05, 3.63) is 60.2 Å². The number of hydrogen-bond donors (Lipinski definition) is 2. The largest absolute Gasteiger partial charge is 0.341 e. The van der Waals surface area contributed by atoms with Crippen molar-refractivity contribution in [2.45, 2.75) is 9.59 Å². The number of amides is 3. The Morgan fingerprint density at radius 2 is 1.79 bits per heavy atom. The molecule has 0 radical (unpaired) electrons. The quantitative estimate of drug-likeness (QED) is 0.700. The molecule has 2 N–H and O–H groups in total. The maximum absolute atomic E-state index is 12.5. The topological polar surface area (TPSA) is 71.1 Å². The Labute approximate surface area is 147 Å². The van der Waals surface area contributed by atoms with E-state index in [0.29, 0.717) is 0 Å². The molecule has 24 heavy (non-hydrogen) atoms. The van der Waals surface area contributed by atoms with Gasteiger partial charge in [0.1, 0.15) is 5.25 Å². The van der Waals surface area contributed by atoms with Crippen LogP contribution in [0.4, 0.5) is 4.79 Å². The van der Waals surface area contributed by atoms with Gasteiger partial charge < -0.3 is 5.32 Å². The van der Waals surface area contributed by atoms with E-state index in [1.807, 2.05) is 54.6 Å². The molecule has 0 aliphatic rings. The molecule has 1 aromatic heterocycles. The second kappa shape index (κ2) is 7.46. The van der Waals surface area contributed by atoms with Crippen LogP contribution >= 0.6 is 23.1 Å². The first-order valence-corrected chi connectivity index (χ1v) is 8.97. The average molecular weight is 357 g/mol. The molecule has 3 aromatic rings. The summed E-state index contributed by atoms with van der Waals surface area (Å²) >= 11 is 2.88. The van der Waals surface area contributed by atoms with Crippen LogP contribution < -0.4 is 10.6 Å². The summed E-state index contributed by atoms with van der Waals surface area (Å²) < 4.78 is 1.86. The number of rotatable bonds is 4. The number of urea groups is 1. The molecular formula is C17H15N3O2S2. The number of carbonyl (C=O) groups is 2. The molecule has 0 saturated carbocycles. The van der Waals surface area contributed by atoms with Gasteiger partial charge >= 0.3 is 6.03 Å². The van der Waals surface area contributed by atoms with Gasteiger partial charge in [-0.2, -0.15) is 0 Å². The van der Waals surface area contributed by atoms with Gasteiger partial charge in [-0.05, 0) is 17.7 Å². The first kappa shape index (κ1) is 16.5. The van der Waals surface area contributed by atoms with E-state index in [9.17, 15) is 9.59 Å². The minimum Gasteiger partial charge on any atom is -0.341 e. The number of para-hydroxylation sites is 1. The maximum atomic E-state index is 12.5. The van der Waals surface area contributed by atoms with Crippen LogP contribution in [-0.4, -0.2) is 24.0 Å². The minimum atomic E-state index is -0.552. The van der Waals surface area contributed by atoms with E-state index in [2.05, 4.69) is 15.6 Å². The predicted molar refractivity (Wildman–Crippen MR) is 97.3 cm³/mol. The van der Waals surface area contributed by atoms with E-state index in [0.717, 1.165) is 20.1 Å². The average Bonchev–Trinajstić information content (AvgIpc) is 3.02. The highest BCUT2D eigenvalue weighted by Gasteiger charge is 2.25. The summed E-state index contributed by atoms with van der Waals surface area (Å²) in [5.74, 6) is -0.371. The molecular weight excluding hydrogens is 342 g/mol. The van der Waals surface area contributed by atoms with E-state index >= 15 is 0 Å². The van der Waals surface area contributed by atoms with Crippen LogP contribution in [0.2, 0.25) is 0 Å². The van der Waals surface area contributed by atoms with Crippen molar-refractivity contribution >= 4 is 45.3 Å². The van der Waals surface area contributed by atoms with Crippen molar-refractivity contribution in [1.29, 1.82) is 0 Å². The Morgan fingerprint density at radius 1 is 1.08 bits per heavy atom. The molecule has 3 amide bonds. The first-order valence-electron chi connectivity index (χ1n) is 7.27. The van der Waals surface area contributed by atoms with Crippen LogP contribution in [0.1, 0.15) is 10.8 Å². The summed E-state index contributed by atoms with van der Waals surface area (Å²) in [7, 11) is 1.47. The summed E-state index contributed by atoms with van der Waals surface area (Å²) in [6.45, 7) is 0. The Bertz CT molecular complexity index is 831. The zero-order valence-electron chi connectivity index (χ0n) is 12.9. The molecule has 0 bridgehead atoms. The summed E-state index contributed by atoms with van der Waals surface area (Å²) in [5, 5.41) is 4.19. The Hall–Kier alpha value is -2.38. The molecule has 0 saturated heterocycles. The van der Waals surface area contributed by atoms with Gasteiger partial charge in [0.15, 0.2) is 4.34 Å². The van der Waals surface area contributed by atoms with Crippen molar-refractivity contribution in [2.24, 2.45) is 0 Å². The van der Waals surface area contributed by atoms with E-state index < -0.39 is 11.3 Å². The predicted octanol–water partition coefficient (Wildman–Crippen LogP) is 3.59. The summed E-state index contributed by atoms with van der Waals surface area (Å²) in [6.07, 6.45) is 0. The number of nitrogens with one attached hydrogen (secondary N) is 2. The number of carbonyl (C=O) groups excluding carboxylic acids is 2. The molecule has 0 aliphatic carbocycles. The van der Waals surface area contributed by atoms with E-state index in [1.54, 1.807) is 0 Å². The van der Waals surface area contributed by atoms with Crippen LogP contribution in [0.3, 0.4) is 0 Å². The number of fused-ring (bicyclic) bond motifs is 1. The van der Waals surface area contributed by atoms with E-state index in [-0.39, 0.29) is 5.91 Å². The standard InChI is InChI=1S/C17H15N3O2S2/c1-18-16(22)20-15(21)14(11-7-3-2-4-8-11)24-17-19-12-9-5-6-10-13(12)23-17/h2-10,14H,1H3,(H2,18,20,21,22)/t14-/m0/s1. The fraction of sp³-hybridized carbons (Fsp3) is 0.118. The molecule has 2 aromatic carbocycles. The highest BCUT2D eigenvalue weighted by atomic mass is 32.2. The van der Waals surface area contributed by atoms with Crippen molar-refractivity contribution < 1.29 is 9.59 Å². The lowest BCUT2D eigenvalue weighted by molar-refractivity contribution is -0.119. The van der Waals surface area contributed by atoms with Crippen molar-refractivity contribution in [3.63, 3.8) is 0 Å². The normalized spacial score (nSPS) is 11.9. The van der Waals surface area contributed by atoms with Gasteiger partial charge in [-0.1, -0.05) is 54.2 Å². The number of imide groups is 1. The first-order chi connectivity index (χ1) is 11.7. The Balaban J connectivity index is 1.89. The zero-order chi connectivity index (χ0) is 16.9. The van der Waals surface area contributed by atoms with E-state index in [1.165, 1.54) is 30.1 Å². The summed E-state index contributed by atoms with van der Waals surface area (Å²) in [5.41, 5.74) is 1.73. The van der Waals surface area contributed by atoms with E-state index in [4.69, 9.17) is 0 Å². The van der Waals surface area contributed by atoms with Gasteiger partial charge in [0.25, 0.3) is 0 Å². The molecule has 0 unspecified atom stereocenters. The van der Waals surface area contributed by atoms with Gasteiger partial charge in [0.05, 0.1) is 10.2 Å². The molecule has 122 valence electrons. The lowest BCUT2D eigenvalue weighted by Gasteiger charge is -2.14. The number of thioether (sulfide) groups is 1. The number of aromatic nitrogens is 1. The molecule has 5 nitrogen and oxygen atoms in total. The lowest BCUT2D eigenvalue weighted by atomic mass is 10.1. The van der Waals surface area contributed by atoms with Crippen LogP contribution in [0.5, 0.6) is 0 Å². The molecule has 0 fully saturated rings. The fourth-order valence-corrected chi connectivity index (χ4v) is 4.40. The lowest BCUT2D eigenvalue weighted by Crippen LogP contribution is -2.39. The highest BCUT2D eigenvalue weighted by Crippen LogP contribution is 2.39. The van der Waals surface area contributed by atoms with Crippen LogP contribution in [0.15, 0.2) is 58.9 Å². The van der Waals surface area contributed by atoms with Crippen molar-refractivity contribution in [1.82, 2.24) is 15.6 Å². The SMILES string of the molecule is CNC(=O)NC(=O)[C@@H](Sc1nc2ccccc2s1)c1ccccc1. The number of nitrogens with zero attached hydrogens (tertiary/aromatic N) is 1. The van der Waals surface area contributed by atoms with Crippen LogP contribution in [-0.2, 0) is 4.79 Å². The van der Waals surface area contributed by atoms with Gasteiger partial charge in [-0.15, -0.1) is 11.3 Å². The molecule has 7 heteroatoms. The van der Waals surface area contributed by atoms with Crippen LogP contribution in [0.25, 0.3) is 10.2 Å². The van der Waals surface area contributed by atoms with Gasteiger partial charge in [-0.25, -0.2) is 9.78 Å². The third kappa shape index (κ3) is 3.74. The molecule has 1 atom stereocenters. The molecule has 1 heterocycles. The highest BCUT2D eigenvalue weighted by molar-refractivity contribution is 8.02. The fourth-order valence-electron chi connectivity index (χ4n) is 2.14. The van der Waals surface area contributed by atoms with Gasteiger partial charge in [0, 0.05) is 7.05 Å². The number of thiazole rings is 1. The Kier molecular flexibility index (Phi) is 5.12. The molecule has 0 spiro atoms. The smallest absolute Gasteiger partial charge is 0.321 e. The van der Waals surface area contributed by atoms with Crippen molar-refractivity contribution in [3.8, 4) is 0 Å². The second-order valence-corrected chi connectivity index (χ2v) is 7.31. The third-order valence-electron chi connectivity index (χ3n) is 3.30. The molecule has 3 rings (SSSR count). The molecule has 0 aliphatic heterocycles. The monoisotopic (exact) mass is 357 g/mol. The van der Waals surface area contributed by atoms with Gasteiger partial charge in [0.2, 0.25) is 5.91 Å². The second-order valence-electron chi connectivity index (χ2n) is 4.92. The zero-order valence-corrected chi connectivity index (χ0v) is 14.5. The summed E-state index contributed by atoms with van der Waals surface area (Å²) in [4.78, 5) is 28.6. The number of hydrogen-bond acceptors (Lipinski definition) is 5. The Morgan fingerprint density at radius 3 is 2.50 bits per heavy atom. The number of benzene rings is 2. The van der Waals surface area contributed by atoms with Crippen LogP contribution in [0, 0.1) is 0 Å². The minimum absolute atomic E-state index is 0.371. The van der Waals surface area contributed by atoms with Gasteiger partial charge in [-0.3, -0.25) is 10.1 Å². The third-order valence-corrected chi connectivity index (χ3v) is 5.68. The van der Waals surface area contributed by atoms with Crippen molar-refractivity contribution in [2.75, 3.05) is 7.05 Å². The summed E-state index contributed by atoms with van der Waals surface area (Å²) in [6, 6.07) is 16.7. The maximum Gasteiger partial charge on any atom is 0.321 e.